The van der Waals surface area contributed by atoms with Gasteiger partial charge in [-0.3, -0.25) is 0 Å². The third-order valence-electron chi connectivity index (χ3n) is 3.05. The fraction of sp³-hybridized carbons (Fsp3) is 0. The molecule has 0 unspecified atom stereocenters. The molecule has 3 nitrogen and oxygen atoms in total. The van der Waals surface area contributed by atoms with Gasteiger partial charge in [0, 0.05) is 5.39 Å². The van der Waals surface area contributed by atoms with E-state index in [-0.39, 0.29) is 5.56 Å². The van der Waals surface area contributed by atoms with Gasteiger partial charge >= 0.3 is 5.97 Å². The number of nitrogens with zero attached hydrogens (tertiary/aromatic N) is 1. The first-order chi connectivity index (χ1) is 10.6. The maximum absolute atomic E-state index is 11.5. The van der Waals surface area contributed by atoms with Gasteiger partial charge in [-0.25, -0.2) is 9.78 Å². The molecule has 0 bridgehead atoms. The quantitative estimate of drug-likeness (QED) is 0.688. The van der Waals surface area contributed by atoms with Crippen LogP contribution in [-0.4, -0.2) is 16.1 Å². The minimum Gasteiger partial charge on any atom is -0.478 e. The molecule has 3 aromatic rings. The normalized spacial score (nSPS) is 10.8. The molecule has 3 rings (SSSR count). The average Bonchev–Trinajstić information content (AvgIpc) is 2.50. The van der Waals surface area contributed by atoms with Gasteiger partial charge in [0.25, 0.3) is 0 Å². The molecule has 2 aromatic carbocycles. The Balaban J connectivity index is 2.14. The van der Waals surface area contributed by atoms with E-state index >= 15 is 0 Å². The number of pyridine rings is 1. The number of para-hydroxylation sites is 1. The first-order valence-corrected chi connectivity index (χ1v) is 7.88. The van der Waals surface area contributed by atoms with E-state index in [2.05, 4.69) is 4.98 Å². The largest absolute Gasteiger partial charge is 0.478 e. The lowest BCUT2D eigenvalue weighted by atomic mass is 10.1. The first kappa shape index (κ1) is 15.2. The Labute approximate surface area is 140 Å². The summed E-state index contributed by atoms with van der Waals surface area (Å²) in [5.41, 5.74) is 0.823. The fourth-order valence-electron chi connectivity index (χ4n) is 2.06. The van der Waals surface area contributed by atoms with Gasteiger partial charge in [0.2, 0.25) is 0 Å². The molecule has 0 saturated heterocycles. The van der Waals surface area contributed by atoms with Crippen molar-refractivity contribution < 1.29 is 9.90 Å². The van der Waals surface area contributed by atoms with Gasteiger partial charge in [0.1, 0.15) is 5.03 Å². The smallest absolute Gasteiger partial charge is 0.336 e. The average molecular weight is 350 g/mol. The number of rotatable bonds is 3. The maximum Gasteiger partial charge on any atom is 0.336 e. The molecule has 0 aliphatic heterocycles. The number of benzene rings is 2. The van der Waals surface area contributed by atoms with E-state index in [1.807, 2.05) is 6.07 Å². The van der Waals surface area contributed by atoms with Gasteiger partial charge in [-0.1, -0.05) is 59.2 Å². The number of fused-ring (bicyclic) bond motifs is 1. The summed E-state index contributed by atoms with van der Waals surface area (Å²) in [6.45, 7) is 0. The number of halogens is 2. The summed E-state index contributed by atoms with van der Waals surface area (Å²) in [6, 6.07) is 13.9. The molecule has 1 heterocycles. The fourth-order valence-corrected chi connectivity index (χ4v) is 3.55. The van der Waals surface area contributed by atoms with Crippen molar-refractivity contribution in [3.8, 4) is 0 Å². The van der Waals surface area contributed by atoms with E-state index in [9.17, 15) is 9.90 Å². The van der Waals surface area contributed by atoms with Crippen molar-refractivity contribution in [2.75, 3.05) is 0 Å². The molecule has 0 saturated carbocycles. The van der Waals surface area contributed by atoms with Gasteiger partial charge in [0.15, 0.2) is 0 Å². The van der Waals surface area contributed by atoms with Crippen LogP contribution in [0.3, 0.4) is 0 Å². The molecule has 0 spiro atoms. The number of carbonyl (C=O) groups is 1. The van der Waals surface area contributed by atoms with Crippen LogP contribution < -0.4 is 0 Å². The predicted molar refractivity (Wildman–Crippen MR) is 89.3 cm³/mol. The highest BCUT2D eigenvalue weighted by atomic mass is 35.5. The number of hydrogen-bond donors (Lipinski definition) is 1. The predicted octanol–water partition coefficient (Wildman–Crippen LogP) is 5.39. The van der Waals surface area contributed by atoms with Crippen molar-refractivity contribution in [3.05, 3.63) is 64.1 Å². The van der Waals surface area contributed by atoms with Gasteiger partial charge in [-0.05, 0) is 24.3 Å². The Bertz CT molecular complexity index is 863. The lowest BCUT2D eigenvalue weighted by Crippen LogP contribution is -1.99. The number of carboxylic acid groups (broad SMARTS) is 1. The maximum atomic E-state index is 11.5. The van der Waals surface area contributed by atoms with Crippen molar-refractivity contribution in [2.24, 2.45) is 0 Å². The van der Waals surface area contributed by atoms with Crippen molar-refractivity contribution >= 4 is 51.8 Å². The minimum absolute atomic E-state index is 0.205. The summed E-state index contributed by atoms with van der Waals surface area (Å²) in [5.74, 6) is -0.995. The molecule has 22 heavy (non-hydrogen) atoms. The second kappa shape index (κ2) is 6.16. The Morgan fingerprint density at radius 2 is 1.73 bits per heavy atom. The molecule has 0 aliphatic carbocycles. The number of aromatic nitrogens is 1. The second-order valence-corrected chi connectivity index (χ2v) is 6.33. The molecular weight excluding hydrogens is 341 g/mol. The van der Waals surface area contributed by atoms with Crippen LogP contribution in [0.25, 0.3) is 10.9 Å². The summed E-state index contributed by atoms with van der Waals surface area (Å²) in [7, 11) is 0. The molecule has 0 atom stereocenters. The molecule has 0 radical (unpaired) electrons. The monoisotopic (exact) mass is 349 g/mol. The third kappa shape index (κ3) is 2.90. The van der Waals surface area contributed by atoms with Crippen LogP contribution in [0.2, 0.25) is 10.0 Å². The topological polar surface area (TPSA) is 50.2 Å². The Hall–Kier alpha value is -1.75. The zero-order valence-corrected chi connectivity index (χ0v) is 13.4. The highest BCUT2D eigenvalue weighted by Crippen LogP contribution is 2.38. The summed E-state index contributed by atoms with van der Waals surface area (Å²) < 4.78 is 0. The van der Waals surface area contributed by atoms with Crippen LogP contribution in [0.15, 0.2) is 58.5 Å². The van der Waals surface area contributed by atoms with Gasteiger partial charge in [-0.2, -0.15) is 0 Å². The van der Waals surface area contributed by atoms with E-state index in [0.29, 0.717) is 30.9 Å². The van der Waals surface area contributed by atoms with Crippen molar-refractivity contribution in [2.45, 2.75) is 9.92 Å². The number of aromatic carboxylic acids is 1. The van der Waals surface area contributed by atoms with Crippen molar-refractivity contribution in [3.63, 3.8) is 0 Å². The van der Waals surface area contributed by atoms with E-state index in [1.165, 1.54) is 17.8 Å². The van der Waals surface area contributed by atoms with Gasteiger partial charge < -0.3 is 5.11 Å². The highest BCUT2D eigenvalue weighted by molar-refractivity contribution is 7.99. The van der Waals surface area contributed by atoms with Crippen LogP contribution in [0.1, 0.15) is 10.4 Å². The van der Waals surface area contributed by atoms with E-state index < -0.39 is 5.97 Å². The lowest BCUT2D eigenvalue weighted by Gasteiger charge is -2.08. The zero-order chi connectivity index (χ0) is 15.7. The highest BCUT2D eigenvalue weighted by Gasteiger charge is 2.14. The van der Waals surface area contributed by atoms with E-state index in [1.54, 1.807) is 36.4 Å². The van der Waals surface area contributed by atoms with E-state index in [4.69, 9.17) is 23.2 Å². The summed E-state index contributed by atoms with van der Waals surface area (Å²) >= 11 is 13.6. The molecule has 1 N–H and O–H groups in total. The van der Waals surface area contributed by atoms with Crippen LogP contribution in [0, 0.1) is 0 Å². The summed E-state index contributed by atoms with van der Waals surface area (Å²) in [5, 5.41) is 11.5. The molecule has 110 valence electrons. The van der Waals surface area contributed by atoms with Crippen molar-refractivity contribution in [1.29, 1.82) is 0 Å². The zero-order valence-electron chi connectivity index (χ0n) is 11.1. The molecule has 6 heteroatoms. The third-order valence-corrected chi connectivity index (χ3v) is 4.96. The standard InChI is InChI=1S/C16H9Cl2NO2S/c17-11-5-3-6-12(18)15(11)22-14-8-10(16(20)21)9-4-1-2-7-13(9)19-14/h1-8H,(H,20,21). The lowest BCUT2D eigenvalue weighted by molar-refractivity contribution is 0.0698. The SMILES string of the molecule is O=C(O)c1cc(Sc2c(Cl)cccc2Cl)nc2ccccc12. The van der Waals surface area contributed by atoms with Crippen LogP contribution in [0.5, 0.6) is 0 Å². The van der Waals surface area contributed by atoms with Crippen molar-refractivity contribution in [1.82, 2.24) is 4.98 Å². The van der Waals surface area contributed by atoms with Crippen LogP contribution >= 0.6 is 35.0 Å². The molecule has 0 amide bonds. The second-order valence-electron chi connectivity index (χ2n) is 4.48. The Morgan fingerprint density at radius 3 is 2.41 bits per heavy atom. The Morgan fingerprint density at radius 1 is 1.05 bits per heavy atom. The molecule has 0 fully saturated rings. The molecule has 1 aromatic heterocycles. The Kier molecular flexibility index (Phi) is 4.25. The first-order valence-electron chi connectivity index (χ1n) is 6.31. The van der Waals surface area contributed by atoms with Gasteiger partial charge in [0.05, 0.1) is 26.0 Å². The van der Waals surface area contributed by atoms with Crippen LogP contribution in [0.4, 0.5) is 0 Å². The van der Waals surface area contributed by atoms with Crippen LogP contribution in [-0.2, 0) is 0 Å². The molecular formula is C16H9Cl2NO2S. The number of carboxylic acids is 1. The van der Waals surface area contributed by atoms with E-state index in [0.717, 1.165) is 0 Å². The molecule has 0 aliphatic rings. The number of hydrogen-bond acceptors (Lipinski definition) is 3. The van der Waals surface area contributed by atoms with Gasteiger partial charge in [-0.15, -0.1) is 0 Å². The summed E-state index contributed by atoms with van der Waals surface area (Å²) in [4.78, 5) is 16.6. The minimum atomic E-state index is -0.995. The summed E-state index contributed by atoms with van der Waals surface area (Å²) in [6.07, 6.45) is 0.